The molecule has 0 saturated carbocycles. The number of thiol groups is 1. The number of nitrogens with one attached hydrogen (secondary N) is 3. The topological polar surface area (TPSA) is 208 Å². The summed E-state index contributed by atoms with van der Waals surface area (Å²) in [7, 11) is 0. The molecule has 0 rings (SSSR count). The van der Waals surface area contributed by atoms with E-state index in [4.69, 9.17) is 21.1 Å². The van der Waals surface area contributed by atoms with Crippen LogP contribution in [0.2, 0.25) is 0 Å². The smallest absolute Gasteiger partial charge is 0.328 e. The van der Waals surface area contributed by atoms with Gasteiger partial charge in [-0.25, -0.2) is 4.79 Å². The Labute approximate surface area is 173 Å². The minimum atomic E-state index is -1.63. The van der Waals surface area contributed by atoms with E-state index >= 15 is 0 Å². The van der Waals surface area contributed by atoms with Crippen molar-refractivity contribution >= 4 is 42.3 Å². The molecule has 0 heterocycles. The summed E-state index contributed by atoms with van der Waals surface area (Å²) in [6.45, 7) is 2.53. The highest BCUT2D eigenvalue weighted by Gasteiger charge is 2.30. The molecule has 0 aromatic carbocycles. The Morgan fingerprint density at radius 3 is 1.79 bits per heavy atom. The third-order valence-electron chi connectivity index (χ3n) is 3.91. The second kappa shape index (κ2) is 13.0. The third kappa shape index (κ3) is 9.58. The standard InChI is InChI=1S/C16H28N4O8S/c1-7(2)12(17)15(26)20-10(6-29)14(25)18-8(3-4-11(22)23)13(24)19-9(5-21)16(27)28/h7-10,12,21,29H,3-6,17H2,1-2H3,(H,18,25)(H,19,24)(H,20,26)(H,22,23)(H,27,28). The van der Waals surface area contributed by atoms with Gasteiger partial charge in [0.25, 0.3) is 0 Å². The summed E-state index contributed by atoms with van der Waals surface area (Å²) >= 11 is 3.98. The number of aliphatic hydroxyl groups is 1. The molecule has 0 spiro atoms. The number of carbonyl (C=O) groups excluding carboxylic acids is 3. The van der Waals surface area contributed by atoms with Crippen LogP contribution in [0.25, 0.3) is 0 Å². The monoisotopic (exact) mass is 436 g/mol. The van der Waals surface area contributed by atoms with Gasteiger partial charge in [-0.15, -0.1) is 0 Å². The molecule has 4 unspecified atom stereocenters. The number of carboxylic acid groups (broad SMARTS) is 2. The van der Waals surface area contributed by atoms with Crippen LogP contribution >= 0.6 is 12.6 Å². The Morgan fingerprint density at radius 1 is 0.897 bits per heavy atom. The van der Waals surface area contributed by atoms with Gasteiger partial charge in [-0.3, -0.25) is 19.2 Å². The summed E-state index contributed by atoms with van der Waals surface area (Å²) in [5.41, 5.74) is 5.71. The first-order chi connectivity index (χ1) is 13.4. The van der Waals surface area contributed by atoms with Gasteiger partial charge < -0.3 is 37.0 Å². The van der Waals surface area contributed by atoms with Gasteiger partial charge in [0.1, 0.15) is 18.1 Å². The average Bonchev–Trinajstić information content (AvgIpc) is 2.65. The van der Waals surface area contributed by atoms with E-state index in [-0.39, 0.29) is 18.1 Å². The van der Waals surface area contributed by atoms with E-state index in [1.54, 1.807) is 13.8 Å². The number of aliphatic hydroxyl groups excluding tert-OH is 1. The molecular formula is C16H28N4O8S. The second-order valence-electron chi connectivity index (χ2n) is 6.59. The first-order valence-electron chi connectivity index (χ1n) is 8.77. The Balaban J connectivity index is 5.24. The van der Waals surface area contributed by atoms with Crippen molar-refractivity contribution in [3.05, 3.63) is 0 Å². The fraction of sp³-hybridized carbons (Fsp3) is 0.688. The molecule has 12 nitrogen and oxygen atoms in total. The predicted octanol–water partition coefficient (Wildman–Crippen LogP) is -2.70. The molecule has 13 heteroatoms. The van der Waals surface area contributed by atoms with Crippen molar-refractivity contribution in [3.8, 4) is 0 Å². The zero-order chi connectivity index (χ0) is 22.7. The number of carboxylic acids is 2. The molecule has 3 amide bonds. The summed E-state index contributed by atoms with van der Waals surface area (Å²) in [6, 6.07) is -5.08. The van der Waals surface area contributed by atoms with Gasteiger partial charge in [-0.1, -0.05) is 13.8 Å². The van der Waals surface area contributed by atoms with Gasteiger partial charge >= 0.3 is 11.9 Å². The van der Waals surface area contributed by atoms with Crippen LogP contribution in [0.5, 0.6) is 0 Å². The molecule has 166 valence electrons. The Kier molecular flexibility index (Phi) is 11.9. The molecule has 0 aromatic heterocycles. The van der Waals surface area contributed by atoms with Crippen LogP contribution in [0.3, 0.4) is 0 Å². The van der Waals surface area contributed by atoms with Crippen molar-refractivity contribution < 1.29 is 39.3 Å². The van der Waals surface area contributed by atoms with E-state index in [0.717, 1.165) is 0 Å². The van der Waals surface area contributed by atoms with Crippen LogP contribution in [0.1, 0.15) is 26.7 Å². The Hall–Kier alpha value is -2.38. The number of nitrogens with two attached hydrogens (primary N) is 1. The largest absolute Gasteiger partial charge is 0.481 e. The maximum atomic E-state index is 12.4. The normalized spacial score (nSPS) is 15.0. The lowest BCUT2D eigenvalue weighted by Gasteiger charge is -2.24. The predicted molar refractivity (Wildman–Crippen MR) is 104 cm³/mol. The van der Waals surface area contributed by atoms with Crippen LogP contribution in [-0.4, -0.2) is 81.5 Å². The number of aliphatic carboxylic acids is 2. The molecule has 0 aliphatic rings. The molecular weight excluding hydrogens is 408 g/mol. The lowest BCUT2D eigenvalue weighted by molar-refractivity contribution is -0.144. The maximum Gasteiger partial charge on any atom is 0.328 e. The van der Waals surface area contributed by atoms with Gasteiger partial charge in [0.05, 0.1) is 12.6 Å². The fourth-order valence-electron chi connectivity index (χ4n) is 2.03. The van der Waals surface area contributed by atoms with Crippen LogP contribution in [0.4, 0.5) is 0 Å². The van der Waals surface area contributed by atoms with Crippen molar-refractivity contribution in [3.63, 3.8) is 0 Å². The van der Waals surface area contributed by atoms with Crippen LogP contribution in [0, 0.1) is 5.92 Å². The number of amides is 3. The van der Waals surface area contributed by atoms with E-state index in [1.165, 1.54) is 0 Å². The molecule has 0 bridgehead atoms. The molecule has 0 aliphatic carbocycles. The van der Waals surface area contributed by atoms with Crippen LogP contribution in [0.15, 0.2) is 0 Å². The summed E-state index contributed by atoms with van der Waals surface area (Å²) in [4.78, 5) is 58.5. The highest BCUT2D eigenvalue weighted by molar-refractivity contribution is 7.80. The minimum absolute atomic E-state index is 0.135. The van der Waals surface area contributed by atoms with Crippen molar-refractivity contribution in [2.75, 3.05) is 12.4 Å². The molecule has 0 radical (unpaired) electrons. The lowest BCUT2D eigenvalue weighted by atomic mass is 10.0. The molecule has 0 fully saturated rings. The van der Waals surface area contributed by atoms with Gasteiger partial charge in [0, 0.05) is 12.2 Å². The van der Waals surface area contributed by atoms with E-state index in [2.05, 4.69) is 23.3 Å². The Morgan fingerprint density at radius 2 is 1.38 bits per heavy atom. The number of hydrogen-bond acceptors (Lipinski definition) is 8. The van der Waals surface area contributed by atoms with E-state index in [0.29, 0.717) is 0 Å². The average molecular weight is 436 g/mol. The first kappa shape index (κ1) is 26.6. The van der Waals surface area contributed by atoms with Crippen molar-refractivity contribution in [2.45, 2.75) is 50.9 Å². The van der Waals surface area contributed by atoms with E-state index in [9.17, 15) is 24.0 Å². The van der Waals surface area contributed by atoms with Gasteiger partial charge in [-0.05, 0) is 12.3 Å². The molecule has 29 heavy (non-hydrogen) atoms. The SMILES string of the molecule is CC(C)C(N)C(=O)NC(CS)C(=O)NC(CCC(=O)O)C(=O)NC(CO)C(=O)O. The number of hydrogen-bond donors (Lipinski definition) is 8. The summed E-state index contributed by atoms with van der Waals surface area (Å²) < 4.78 is 0. The second-order valence-corrected chi connectivity index (χ2v) is 6.95. The fourth-order valence-corrected chi connectivity index (χ4v) is 2.29. The molecule has 0 aromatic rings. The van der Waals surface area contributed by atoms with E-state index in [1.807, 2.05) is 5.32 Å². The summed E-state index contributed by atoms with van der Waals surface area (Å²) in [5, 5.41) is 33.4. The van der Waals surface area contributed by atoms with Crippen molar-refractivity contribution in [1.82, 2.24) is 16.0 Å². The Bertz CT molecular complexity index is 616. The zero-order valence-electron chi connectivity index (χ0n) is 16.1. The highest BCUT2D eigenvalue weighted by Crippen LogP contribution is 2.03. The number of carbonyl (C=O) groups is 5. The van der Waals surface area contributed by atoms with Gasteiger partial charge in [0.15, 0.2) is 0 Å². The quantitative estimate of drug-likeness (QED) is 0.141. The van der Waals surface area contributed by atoms with E-state index < -0.39 is 66.9 Å². The lowest BCUT2D eigenvalue weighted by Crippen LogP contribution is -2.58. The summed E-state index contributed by atoms with van der Waals surface area (Å²) in [6.07, 6.45) is -0.839. The van der Waals surface area contributed by atoms with Crippen LogP contribution in [-0.2, 0) is 24.0 Å². The zero-order valence-corrected chi connectivity index (χ0v) is 17.0. The maximum absolute atomic E-state index is 12.4. The molecule has 4 atom stereocenters. The molecule has 8 N–H and O–H groups in total. The minimum Gasteiger partial charge on any atom is -0.481 e. The molecule has 0 saturated heterocycles. The first-order valence-corrected chi connectivity index (χ1v) is 9.40. The molecule has 0 aliphatic heterocycles. The highest BCUT2D eigenvalue weighted by atomic mass is 32.1. The van der Waals surface area contributed by atoms with Crippen molar-refractivity contribution in [1.29, 1.82) is 0 Å². The van der Waals surface area contributed by atoms with Gasteiger partial charge in [0.2, 0.25) is 17.7 Å². The number of rotatable bonds is 13. The van der Waals surface area contributed by atoms with Crippen LogP contribution < -0.4 is 21.7 Å². The van der Waals surface area contributed by atoms with Crippen molar-refractivity contribution in [2.24, 2.45) is 11.7 Å². The van der Waals surface area contributed by atoms with Gasteiger partial charge in [-0.2, -0.15) is 12.6 Å². The summed E-state index contributed by atoms with van der Waals surface area (Å²) in [5.74, 6) is -5.51. The third-order valence-corrected chi connectivity index (χ3v) is 4.28.